The van der Waals surface area contributed by atoms with E-state index in [0.29, 0.717) is 0 Å². The molecule has 0 aliphatic carbocycles. The number of carboxylic acids is 1. The van der Waals surface area contributed by atoms with Crippen LogP contribution >= 0.6 is 0 Å². The highest BCUT2D eigenvalue weighted by atomic mass is 16.4. The first-order chi connectivity index (χ1) is 4.72. The molecule has 0 saturated heterocycles. The highest BCUT2D eigenvalue weighted by Crippen LogP contribution is 2.06. The van der Waals surface area contributed by atoms with Crippen molar-refractivity contribution in [3.8, 4) is 0 Å². The molecule has 0 aromatic heterocycles. The van der Waals surface area contributed by atoms with Crippen LogP contribution in [0.3, 0.4) is 0 Å². The summed E-state index contributed by atoms with van der Waals surface area (Å²) in [5.74, 6) is -1.56. The minimum atomic E-state index is -0.955. The molecule has 3 N–H and O–H groups in total. The van der Waals surface area contributed by atoms with Crippen LogP contribution in [0, 0.1) is 5.92 Å². The maximum Gasteiger partial charge on any atom is 0.306 e. The average molecular weight is 148 g/mol. The molecule has 0 atom stereocenters. The lowest BCUT2D eigenvalue weighted by molar-refractivity contribution is -0.142. The molecule has 4 nitrogen and oxygen atoms in total. The van der Waals surface area contributed by atoms with E-state index in [4.69, 9.17) is 15.3 Å². The third-order valence-electron chi connectivity index (χ3n) is 1.30. The molecule has 0 heterocycles. The van der Waals surface area contributed by atoms with Gasteiger partial charge in [-0.3, -0.25) is 4.79 Å². The van der Waals surface area contributed by atoms with Gasteiger partial charge in [-0.2, -0.15) is 0 Å². The Kier molecular flexibility index (Phi) is 4.88. The number of hydrogen-bond acceptors (Lipinski definition) is 3. The second kappa shape index (κ2) is 5.20. The smallest absolute Gasteiger partial charge is 0.306 e. The standard InChI is InChI=1S/C6H12O4/c7-3-1-5(2-4-8)6(9)10/h5,7-8H,1-4H2,(H,9,10). The fourth-order valence-corrected chi connectivity index (χ4v) is 0.703. The van der Waals surface area contributed by atoms with Gasteiger partial charge >= 0.3 is 5.97 Å². The Morgan fingerprint density at radius 3 is 1.80 bits per heavy atom. The maximum atomic E-state index is 10.3. The van der Waals surface area contributed by atoms with Crippen LogP contribution in [0.1, 0.15) is 12.8 Å². The Morgan fingerprint density at radius 1 is 1.20 bits per heavy atom. The van der Waals surface area contributed by atoms with Crippen molar-refractivity contribution in [2.45, 2.75) is 12.8 Å². The van der Waals surface area contributed by atoms with Crippen LogP contribution in [0.25, 0.3) is 0 Å². The first kappa shape index (κ1) is 9.39. The van der Waals surface area contributed by atoms with Crippen molar-refractivity contribution in [1.82, 2.24) is 0 Å². The first-order valence-electron chi connectivity index (χ1n) is 3.17. The van der Waals surface area contributed by atoms with E-state index in [-0.39, 0.29) is 26.1 Å². The molecule has 0 fully saturated rings. The summed E-state index contributed by atoms with van der Waals surface area (Å²) < 4.78 is 0. The van der Waals surface area contributed by atoms with Gasteiger partial charge in [0.2, 0.25) is 0 Å². The SMILES string of the molecule is O=C(O)C(CCO)CCO. The van der Waals surface area contributed by atoms with Gasteiger partial charge in [-0.25, -0.2) is 0 Å². The molecule has 0 radical (unpaired) electrons. The zero-order chi connectivity index (χ0) is 7.98. The Balaban J connectivity index is 3.61. The summed E-state index contributed by atoms with van der Waals surface area (Å²) in [5.41, 5.74) is 0. The Bertz CT molecular complexity index is 95.9. The summed E-state index contributed by atoms with van der Waals surface area (Å²) in [6.07, 6.45) is 0.436. The van der Waals surface area contributed by atoms with Crippen LogP contribution < -0.4 is 0 Å². The van der Waals surface area contributed by atoms with E-state index in [2.05, 4.69) is 0 Å². The summed E-state index contributed by atoms with van der Waals surface area (Å²) in [6.45, 7) is -0.284. The van der Waals surface area contributed by atoms with Crippen LogP contribution in [0.4, 0.5) is 0 Å². The van der Waals surface area contributed by atoms with E-state index in [9.17, 15) is 4.79 Å². The molecule has 0 unspecified atom stereocenters. The predicted octanol–water partition coefficient (Wildman–Crippen LogP) is -0.548. The number of hydrogen-bond donors (Lipinski definition) is 3. The third-order valence-corrected chi connectivity index (χ3v) is 1.30. The van der Waals surface area contributed by atoms with Crippen molar-refractivity contribution >= 4 is 5.97 Å². The number of rotatable bonds is 5. The van der Waals surface area contributed by atoms with Gasteiger partial charge in [0.15, 0.2) is 0 Å². The quantitative estimate of drug-likeness (QED) is 0.489. The van der Waals surface area contributed by atoms with Crippen molar-refractivity contribution in [2.24, 2.45) is 5.92 Å². The summed E-state index contributed by atoms with van der Waals surface area (Å²) in [4.78, 5) is 10.3. The molecule has 0 spiro atoms. The number of aliphatic hydroxyl groups is 2. The van der Waals surface area contributed by atoms with Gasteiger partial charge in [0.25, 0.3) is 0 Å². The second-order valence-electron chi connectivity index (χ2n) is 2.06. The topological polar surface area (TPSA) is 77.8 Å². The lowest BCUT2D eigenvalue weighted by Gasteiger charge is -2.06. The van der Waals surface area contributed by atoms with E-state index in [1.54, 1.807) is 0 Å². The highest BCUT2D eigenvalue weighted by Gasteiger charge is 2.14. The Hall–Kier alpha value is -0.610. The molecule has 0 bridgehead atoms. The highest BCUT2D eigenvalue weighted by molar-refractivity contribution is 5.69. The summed E-state index contributed by atoms with van der Waals surface area (Å²) >= 11 is 0. The van der Waals surface area contributed by atoms with Gasteiger partial charge in [0.05, 0.1) is 5.92 Å². The van der Waals surface area contributed by atoms with E-state index in [0.717, 1.165) is 0 Å². The van der Waals surface area contributed by atoms with Crippen molar-refractivity contribution in [1.29, 1.82) is 0 Å². The van der Waals surface area contributed by atoms with Crippen molar-refractivity contribution in [3.63, 3.8) is 0 Å². The molecule has 0 aromatic rings. The van der Waals surface area contributed by atoms with Crippen molar-refractivity contribution in [2.75, 3.05) is 13.2 Å². The lowest BCUT2D eigenvalue weighted by Crippen LogP contribution is -2.16. The van der Waals surface area contributed by atoms with Crippen LogP contribution in [-0.4, -0.2) is 34.5 Å². The third kappa shape index (κ3) is 3.42. The van der Waals surface area contributed by atoms with Gasteiger partial charge in [-0.05, 0) is 12.8 Å². The van der Waals surface area contributed by atoms with Gasteiger partial charge in [0, 0.05) is 13.2 Å². The molecule has 0 rings (SSSR count). The Labute approximate surface area is 59.1 Å². The zero-order valence-electron chi connectivity index (χ0n) is 5.66. The van der Waals surface area contributed by atoms with E-state index in [1.807, 2.05) is 0 Å². The van der Waals surface area contributed by atoms with Crippen LogP contribution in [0.15, 0.2) is 0 Å². The summed E-state index contributed by atoms with van der Waals surface area (Å²) in [5, 5.41) is 25.1. The zero-order valence-corrected chi connectivity index (χ0v) is 5.66. The number of carbonyl (C=O) groups is 1. The molecule has 4 heteroatoms. The number of aliphatic carboxylic acids is 1. The van der Waals surface area contributed by atoms with E-state index in [1.165, 1.54) is 0 Å². The summed E-state index contributed by atoms with van der Waals surface area (Å²) in [6, 6.07) is 0. The fraction of sp³-hybridized carbons (Fsp3) is 0.833. The summed E-state index contributed by atoms with van der Waals surface area (Å²) in [7, 11) is 0. The Morgan fingerprint density at radius 2 is 1.60 bits per heavy atom. The first-order valence-corrected chi connectivity index (χ1v) is 3.17. The lowest BCUT2D eigenvalue weighted by atomic mass is 10.0. The van der Waals surface area contributed by atoms with Gasteiger partial charge < -0.3 is 15.3 Å². The maximum absolute atomic E-state index is 10.3. The van der Waals surface area contributed by atoms with Gasteiger partial charge in [-0.15, -0.1) is 0 Å². The molecular formula is C6H12O4. The molecule has 0 aliphatic rings. The fourth-order valence-electron chi connectivity index (χ4n) is 0.703. The normalized spacial score (nSPS) is 10.3. The molecule has 10 heavy (non-hydrogen) atoms. The van der Waals surface area contributed by atoms with Gasteiger partial charge in [0.1, 0.15) is 0 Å². The number of aliphatic hydroxyl groups excluding tert-OH is 2. The van der Waals surface area contributed by atoms with Crippen LogP contribution in [-0.2, 0) is 4.79 Å². The van der Waals surface area contributed by atoms with Gasteiger partial charge in [-0.1, -0.05) is 0 Å². The molecule has 0 amide bonds. The molecule has 0 aliphatic heterocycles. The van der Waals surface area contributed by atoms with Crippen molar-refractivity contribution < 1.29 is 20.1 Å². The van der Waals surface area contributed by atoms with E-state index >= 15 is 0 Å². The van der Waals surface area contributed by atoms with Crippen LogP contribution in [0.5, 0.6) is 0 Å². The molecule has 60 valence electrons. The second-order valence-corrected chi connectivity index (χ2v) is 2.06. The minimum Gasteiger partial charge on any atom is -0.481 e. The van der Waals surface area contributed by atoms with Crippen LogP contribution in [0.2, 0.25) is 0 Å². The molecular weight excluding hydrogens is 136 g/mol. The average Bonchev–Trinajstić information content (AvgIpc) is 1.87. The largest absolute Gasteiger partial charge is 0.481 e. The van der Waals surface area contributed by atoms with Crippen molar-refractivity contribution in [3.05, 3.63) is 0 Å². The van der Waals surface area contributed by atoms with E-state index < -0.39 is 11.9 Å². The number of carboxylic acid groups (broad SMARTS) is 1. The predicted molar refractivity (Wildman–Crippen MR) is 34.5 cm³/mol. The monoisotopic (exact) mass is 148 g/mol. The molecule has 0 aromatic carbocycles. The molecule has 0 saturated carbocycles. The minimum absolute atomic E-state index is 0.142.